The van der Waals surface area contributed by atoms with Crippen molar-refractivity contribution < 1.29 is 28.6 Å². The van der Waals surface area contributed by atoms with Crippen LogP contribution in [0.25, 0.3) is 0 Å². The molecule has 0 atom stereocenters. The van der Waals surface area contributed by atoms with Gasteiger partial charge in [-0.2, -0.15) is 0 Å². The van der Waals surface area contributed by atoms with Crippen molar-refractivity contribution in [3.63, 3.8) is 0 Å². The number of ether oxygens (including phenoxy) is 3. The van der Waals surface area contributed by atoms with Crippen molar-refractivity contribution in [1.29, 1.82) is 0 Å². The van der Waals surface area contributed by atoms with E-state index in [0.29, 0.717) is 5.57 Å². The number of esters is 3. The molecule has 134 valence electrons. The van der Waals surface area contributed by atoms with Crippen molar-refractivity contribution in [3.8, 4) is 0 Å². The maximum atomic E-state index is 12.5. The number of carbonyl (C=O) groups is 3. The fraction of sp³-hybridized carbons (Fsp3) is 0.556. The number of hydrogen-bond donors (Lipinski definition) is 0. The lowest BCUT2D eigenvalue weighted by Gasteiger charge is -2.27. The molecular weight excluding hydrogens is 312 g/mol. The van der Waals surface area contributed by atoms with Crippen LogP contribution >= 0.6 is 0 Å². The smallest absolute Gasteiger partial charge is 0.333 e. The third kappa shape index (κ3) is 6.05. The van der Waals surface area contributed by atoms with Crippen LogP contribution in [0, 0.1) is 5.41 Å². The Labute approximate surface area is 143 Å². The third-order valence-electron chi connectivity index (χ3n) is 3.28. The van der Waals surface area contributed by atoms with Gasteiger partial charge in [-0.05, 0) is 46.6 Å². The monoisotopic (exact) mass is 338 g/mol. The molecule has 0 aromatic rings. The number of allylic oxidation sites excluding steroid dienone is 2. The van der Waals surface area contributed by atoms with E-state index in [1.165, 1.54) is 12.2 Å². The summed E-state index contributed by atoms with van der Waals surface area (Å²) in [4.78, 5) is 36.6. The van der Waals surface area contributed by atoms with Gasteiger partial charge in [0.1, 0.15) is 0 Å². The first kappa shape index (κ1) is 21.7. The zero-order valence-corrected chi connectivity index (χ0v) is 14.8. The van der Waals surface area contributed by atoms with Crippen LogP contribution in [0.15, 0.2) is 30.0 Å². The first-order chi connectivity index (χ1) is 11.4. The molecule has 6 heteroatoms. The molecule has 0 heterocycles. The standard InChI is InChI=1S/C18H26O6/c1-6-10-12-18(16(20)23-8-3,17(21)24-9-4)13-11-14(5)15(19)22-7-2/h10-11H,1,7-9,12-13H2,2-5H3/b14-11+. The van der Waals surface area contributed by atoms with E-state index in [1.54, 1.807) is 27.7 Å². The van der Waals surface area contributed by atoms with Crippen LogP contribution in [0.4, 0.5) is 0 Å². The predicted molar refractivity (Wildman–Crippen MR) is 89.0 cm³/mol. The lowest BCUT2D eigenvalue weighted by atomic mass is 9.80. The van der Waals surface area contributed by atoms with E-state index in [1.807, 2.05) is 0 Å². The van der Waals surface area contributed by atoms with Crippen LogP contribution in [0.2, 0.25) is 0 Å². The zero-order valence-electron chi connectivity index (χ0n) is 14.8. The first-order valence-corrected chi connectivity index (χ1v) is 7.92. The molecule has 0 spiro atoms. The van der Waals surface area contributed by atoms with E-state index in [2.05, 4.69) is 12.3 Å². The highest BCUT2D eigenvalue weighted by atomic mass is 16.6. The summed E-state index contributed by atoms with van der Waals surface area (Å²) in [7, 11) is 0. The topological polar surface area (TPSA) is 78.9 Å². The Morgan fingerprint density at radius 2 is 1.46 bits per heavy atom. The van der Waals surface area contributed by atoms with Gasteiger partial charge in [0.15, 0.2) is 5.41 Å². The summed E-state index contributed by atoms with van der Waals surface area (Å²) in [5.41, 5.74) is 1.27. The average molecular weight is 338 g/mol. The molecule has 0 fully saturated rings. The molecule has 0 aromatic carbocycles. The van der Waals surface area contributed by atoms with Gasteiger partial charge in [0, 0.05) is 5.57 Å². The zero-order chi connectivity index (χ0) is 18.6. The van der Waals surface area contributed by atoms with Crippen LogP contribution in [-0.4, -0.2) is 37.7 Å². The maximum absolute atomic E-state index is 12.5. The van der Waals surface area contributed by atoms with Crippen molar-refractivity contribution in [1.82, 2.24) is 0 Å². The number of carbonyl (C=O) groups excluding carboxylic acids is 3. The van der Waals surface area contributed by atoms with Crippen LogP contribution in [0.1, 0.15) is 40.5 Å². The maximum Gasteiger partial charge on any atom is 0.333 e. The molecule has 0 N–H and O–H groups in total. The third-order valence-corrected chi connectivity index (χ3v) is 3.28. The second-order valence-corrected chi connectivity index (χ2v) is 4.95. The molecule has 0 rings (SSSR count). The summed E-state index contributed by atoms with van der Waals surface area (Å²) in [5.74, 6) is -1.91. The summed E-state index contributed by atoms with van der Waals surface area (Å²) in [6.45, 7) is 10.5. The van der Waals surface area contributed by atoms with Crippen LogP contribution in [0.3, 0.4) is 0 Å². The van der Waals surface area contributed by atoms with E-state index in [-0.39, 0.29) is 32.7 Å². The van der Waals surface area contributed by atoms with Gasteiger partial charge in [0.2, 0.25) is 0 Å². The van der Waals surface area contributed by atoms with Gasteiger partial charge in [0.05, 0.1) is 19.8 Å². The highest BCUT2D eigenvalue weighted by molar-refractivity contribution is 6.00. The minimum absolute atomic E-state index is 0.0147. The average Bonchev–Trinajstić information content (AvgIpc) is 2.55. The molecule has 0 unspecified atom stereocenters. The summed E-state index contributed by atoms with van der Waals surface area (Å²) in [5, 5.41) is 0. The van der Waals surface area contributed by atoms with E-state index >= 15 is 0 Å². The minimum atomic E-state index is -1.58. The second kappa shape index (κ2) is 11.2. The predicted octanol–water partition coefficient (Wildman–Crippen LogP) is 2.73. The second-order valence-electron chi connectivity index (χ2n) is 4.95. The molecule has 0 aromatic heterocycles. The van der Waals surface area contributed by atoms with Gasteiger partial charge in [-0.15, -0.1) is 5.73 Å². The SMILES string of the molecule is C=C=CCC(C/C=C(\C)C(=O)OCC)(C(=O)OCC)C(=O)OCC. The lowest BCUT2D eigenvalue weighted by Crippen LogP contribution is -2.41. The van der Waals surface area contributed by atoms with Gasteiger partial charge in [-0.1, -0.05) is 12.7 Å². The molecule has 24 heavy (non-hydrogen) atoms. The van der Waals surface area contributed by atoms with Crippen molar-refractivity contribution in [3.05, 3.63) is 30.0 Å². The fourth-order valence-electron chi connectivity index (χ4n) is 1.94. The molecule has 0 aliphatic carbocycles. The van der Waals surface area contributed by atoms with Crippen molar-refractivity contribution in [2.24, 2.45) is 5.41 Å². The Morgan fingerprint density at radius 3 is 1.88 bits per heavy atom. The Kier molecular flexibility index (Phi) is 10.2. The Bertz CT molecular complexity index is 508. The van der Waals surface area contributed by atoms with Gasteiger partial charge in [-0.3, -0.25) is 9.59 Å². The molecule has 0 bridgehead atoms. The quantitative estimate of drug-likeness (QED) is 0.200. The van der Waals surface area contributed by atoms with E-state index in [0.717, 1.165) is 0 Å². The Morgan fingerprint density at radius 1 is 0.958 bits per heavy atom. The number of hydrogen-bond acceptors (Lipinski definition) is 6. The summed E-state index contributed by atoms with van der Waals surface area (Å²) in [6, 6.07) is 0. The molecule has 0 aliphatic rings. The highest BCUT2D eigenvalue weighted by Gasteiger charge is 2.47. The summed E-state index contributed by atoms with van der Waals surface area (Å²) >= 11 is 0. The first-order valence-electron chi connectivity index (χ1n) is 7.92. The molecule has 6 nitrogen and oxygen atoms in total. The van der Waals surface area contributed by atoms with Crippen LogP contribution in [0.5, 0.6) is 0 Å². The van der Waals surface area contributed by atoms with Gasteiger partial charge in [0.25, 0.3) is 0 Å². The van der Waals surface area contributed by atoms with Crippen LogP contribution < -0.4 is 0 Å². The summed E-state index contributed by atoms with van der Waals surface area (Å²) < 4.78 is 15.0. The number of rotatable bonds is 10. The fourth-order valence-corrected chi connectivity index (χ4v) is 1.94. The van der Waals surface area contributed by atoms with Gasteiger partial charge >= 0.3 is 17.9 Å². The molecule has 0 aliphatic heterocycles. The molecule has 0 amide bonds. The molecule has 0 saturated carbocycles. The Hall–Kier alpha value is -2.33. The van der Waals surface area contributed by atoms with E-state index < -0.39 is 23.3 Å². The van der Waals surface area contributed by atoms with Crippen molar-refractivity contribution >= 4 is 17.9 Å². The highest BCUT2D eigenvalue weighted by Crippen LogP contribution is 2.32. The van der Waals surface area contributed by atoms with Gasteiger partial charge < -0.3 is 14.2 Å². The lowest BCUT2D eigenvalue weighted by molar-refractivity contribution is -0.171. The molecular formula is C18H26O6. The summed E-state index contributed by atoms with van der Waals surface area (Å²) in [6.07, 6.45) is 2.93. The van der Waals surface area contributed by atoms with Crippen molar-refractivity contribution in [2.75, 3.05) is 19.8 Å². The minimum Gasteiger partial charge on any atom is -0.465 e. The van der Waals surface area contributed by atoms with Crippen LogP contribution in [-0.2, 0) is 28.6 Å². The van der Waals surface area contributed by atoms with Gasteiger partial charge in [-0.25, -0.2) is 4.79 Å². The normalized spacial score (nSPS) is 11.2. The largest absolute Gasteiger partial charge is 0.465 e. The van der Waals surface area contributed by atoms with Crippen molar-refractivity contribution in [2.45, 2.75) is 40.5 Å². The molecule has 0 radical (unpaired) electrons. The van der Waals surface area contributed by atoms with E-state index in [4.69, 9.17) is 14.2 Å². The molecule has 0 saturated heterocycles. The Balaban J connectivity index is 5.74. The van der Waals surface area contributed by atoms with E-state index in [9.17, 15) is 14.4 Å².